The number of phenols is 1. The molecule has 16 heavy (non-hydrogen) atoms. The van der Waals surface area contributed by atoms with Crippen molar-refractivity contribution in [3.63, 3.8) is 0 Å². The summed E-state index contributed by atoms with van der Waals surface area (Å²) in [5, 5.41) is 14.0. The second-order valence-corrected chi connectivity index (χ2v) is 4.42. The summed E-state index contributed by atoms with van der Waals surface area (Å²) in [5.74, 6) is 1.11. The summed E-state index contributed by atoms with van der Waals surface area (Å²) in [6.45, 7) is 0.749. The van der Waals surface area contributed by atoms with E-state index in [4.69, 9.17) is 4.42 Å². The van der Waals surface area contributed by atoms with E-state index in [1.807, 2.05) is 18.2 Å². The summed E-state index contributed by atoms with van der Waals surface area (Å²) >= 11 is 0. The number of phenolic OH excluding ortho intramolecular Hbond substituents is 1. The summed E-state index contributed by atoms with van der Waals surface area (Å²) in [4.78, 5) is 0. The first-order valence-electron chi connectivity index (χ1n) is 5.77. The van der Waals surface area contributed by atoms with E-state index in [9.17, 15) is 5.11 Å². The Balaban J connectivity index is 1.79. The molecular formula is C13H15NO2. The van der Waals surface area contributed by atoms with E-state index >= 15 is 0 Å². The fourth-order valence-corrected chi connectivity index (χ4v) is 2.05. The third-order valence-electron chi connectivity index (χ3n) is 3.24. The summed E-state index contributed by atoms with van der Waals surface area (Å²) in [7, 11) is 0. The Morgan fingerprint density at radius 3 is 2.94 bits per heavy atom. The van der Waals surface area contributed by atoms with Crippen LogP contribution in [0.15, 0.2) is 28.7 Å². The SMILES string of the molecule is Oc1cccc2cc(CNC3CCC3)oc12. The molecule has 2 aromatic rings. The van der Waals surface area contributed by atoms with E-state index in [0.717, 1.165) is 17.7 Å². The highest BCUT2D eigenvalue weighted by Gasteiger charge is 2.17. The minimum absolute atomic E-state index is 0.215. The fraction of sp³-hybridized carbons (Fsp3) is 0.385. The van der Waals surface area contributed by atoms with Gasteiger partial charge in [0.05, 0.1) is 6.54 Å². The van der Waals surface area contributed by atoms with Crippen molar-refractivity contribution in [3.8, 4) is 5.75 Å². The number of nitrogens with one attached hydrogen (secondary N) is 1. The fourth-order valence-electron chi connectivity index (χ4n) is 2.05. The van der Waals surface area contributed by atoms with Gasteiger partial charge in [0.1, 0.15) is 5.76 Å². The van der Waals surface area contributed by atoms with Crippen LogP contribution in [0.4, 0.5) is 0 Å². The van der Waals surface area contributed by atoms with Crippen LogP contribution < -0.4 is 5.32 Å². The standard InChI is InChI=1S/C13H15NO2/c15-12-6-1-3-9-7-11(16-13(9)12)8-14-10-4-2-5-10/h1,3,6-7,10,14-15H,2,4-5,8H2. The first-order chi connectivity index (χ1) is 7.83. The van der Waals surface area contributed by atoms with Crippen LogP contribution in [0.2, 0.25) is 0 Å². The number of fused-ring (bicyclic) bond motifs is 1. The normalized spacial score (nSPS) is 16.5. The summed E-state index contributed by atoms with van der Waals surface area (Å²) in [5.41, 5.74) is 0.591. The number of benzene rings is 1. The van der Waals surface area contributed by atoms with Crippen molar-refractivity contribution >= 4 is 11.0 Å². The monoisotopic (exact) mass is 217 g/mol. The number of rotatable bonds is 3. The second kappa shape index (κ2) is 3.83. The predicted molar refractivity (Wildman–Crippen MR) is 62.4 cm³/mol. The van der Waals surface area contributed by atoms with Gasteiger partial charge in [0, 0.05) is 11.4 Å². The van der Waals surface area contributed by atoms with Crippen molar-refractivity contribution in [2.45, 2.75) is 31.8 Å². The van der Waals surface area contributed by atoms with Gasteiger partial charge in [-0.2, -0.15) is 0 Å². The van der Waals surface area contributed by atoms with Crippen LogP contribution in [0, 0.1) is 0 Å². The van der Waals surface area contributed by atoms with Gasteiger partial charge >= 0.3 is 0 Å². The quantitative estimate of drug-likeness (QED) is 0.831. The van der Waals surface area contributed by atoms with Crippen LogP contribution in [0.1, 0.15) is 25.0 Å². The molecule has 1 aromatic carbocycles. The number of para-hydroxylation sites is 1. The number of aromatic hydroxyl groups is 1. The minimum Gasteiger partial charge on any atom is -0.504 e. The molecule has 1 saturated carbocycles. The lowest BCUT2D eigenvalue weighted by molar-refractivity contribution is 0.326. The summed E-state index contributed by atoms with van der Waals surface area (Å²) < 4.78 is 5.61. The molecule has 0 bridgehead atoms. The molecule has 3 heteroatoms. The lowest BCUT2D eigenvalue weighted by Gasteiger charge is -2.25. The smallest absolute Gasteiger partial charge is 0.175 e. The zero-order valence-electron chi connectivity index (χ0n) is 9.07. The van der Waals surface area contributed by atoms with Crippen molar-refractivity contribution < 1.29 is 9.52 Å². The van der Waals surface area contributed by atoms with Gasteiger partial charge in [-0.05, 0) is 25.0 Å². The van der Waals surface area contributed by atoms with Gasteiger partial charge in [-0.15, -0.1) is 0 Å². The van der Waals surface area contributed by atoms with Crippen LogP contribution in [0.25, 0.3) is 11.0 Å². The molecule has 1 aliphatic carbocycles. The zero-order chi connectivity index (χ0) is 11.0. The van der Waals surface area contributed by atoms with Crippen LogP contribution >= 0.6 is 0 Å². The lowest BCUT2D eigenvalue weighted by atomic mass is 9.93. The van der Waals surface area contributed by atoms with Gasteiger partial charge < -0.3 is 14.8 Å². The van der Waals surface area contributed by atoms with Crippen molar-refractivity contribution in [2.75, 3.05) is 0 Å². The number of furan rings is 1. The Labute approximate surface area is 94.1 Å². The Morgan fingerprint density at radius 2 is 2.25 bits per heavy atom. The molecule has 2 N–H and O–H groups in total. The first-order valence-corrected chi connectivity index (χ1v) is 5.77. The minimum atomic E-state index is 0.215. The molecule has 0 radical (unpaired) electrons. The van der Waals surface area contributed by atoms with E-state index in [0.29, 0.717) is 11.6 Å². The topological polar surface area (TPSA) is 45.4 Å². The van der Waals surface area contributed by atoms with Crippen LogP contribution in [0.5, 0.6) is 5.75 Å². The van der Waals surface area contributed by atoms with Crippen LogP contribution in [0.3, 0.4) is 0 Å². The van der Waals surface area contributed by atoms with E-state index in [2.05, 4.69) is 5.32 Å². The summed E-state index contributed by atoms with van der Waals surface area (Å²) in [6, 6.07) is 8.07. The van der Waals surface area contributed by atoms with Gasteiger partial charge in [0.15, 0.2) is 11.3 Å². The third kappa shape index (κ3) is 1.67. The predicted octanol–water partition coefficient (Wildman–Crippen LogP) is 2.78. The molecule has 0 saturated heterocycles. The second-order valence-electron chi connectivity index (χ2n) is 4.42. The highest BCUT2D eigenvalue weighted by molar-refractivity contribution is 5.83. The highest BCUT2D eigenvalue weighted by Crippen LogP contribution is 2.27. The molecule has 3 rings (SSSR count). The van der Waals surface area contributed by atoms with Gasteiger partial charge in [-0.25, -0.2) is 0 Å². The van der Waals surface area contributed by atoms with E-state index in [1.165, 1.54) is 19.3 Å². The van der Waals surface area contributed by atoms with Gasteiger partial charge in [0.2, 0.25) is 0 Å². The molecule has 3 nitrogen and oxygen atoms in total. The van der Waals surface area contributed by atoms with Crippen LogP contribution in [-0.2, 0) is 6.54 Å². The Kier molecular flexibility index (Phi) is 2.33. The van der Waals surface area contributed by atoms with E-state index in [-0.39, 0.29) is 5.75 Å². The molecule has 1 aliphatic rings. The Hall–Kier alpha value is -1.48. The molecule has 0 spiro atoms. The maximum absolute atomic E-state index is 9.61. The summed E-state index contributed by atoms with van der Waals surface area (Å²) in [6.07, 6.45) is 3.87. The number of hydrogen-bond acceptors (Lipinski definition) is 3. The van der Waals surface area contributed by atoms with E-state index in [1.54, 1.807) is 6.07 Å². The van der Waals surface area contributed by atoms with Gasteiger partial charge in [0.25, 0.3) is 0 Å². The van der Waals surface area contributed by atoms with Crippen LogP contribution in [-0.4, -0.2) is 11.1 Å². The molecule has 0 aliphatic heterocycles. The molecule has 0 atom stereocenters. The zero-order valence-corrected chi connectivity index (χ0v) is 9.07. The van der Waals surface area contributed by atoms with Crippen molar-refractivity contribution in [1.29, 1.82) is 0 Å². The number of hydrogen-bond donors (Lipinski definition) is 2. The molecule has 1 heterocycles. The van der Waals surface area contributed by atoms with Crippen molar-refractivity contribution in [2.24, 2.45) is 0 Å². The molecule has 84 valence electrons. The largest absolute Gasteiger partial charge is 0.504 e. The van der Waals surface area contributed by atoms with Crippen molar-refractivity contribution in [3.05, 3.63) is 30.0 Å². The first kappa shape index (κ1) is 9.73. The van der Waals surface area contributed by atoms with E-state index < -0.39 is 0 Å². The Bertz CT molecular complexity index is 500. The third-order valence-corrected chi connectivity index (χ3v) is 3.24. The average molecular weight is 217 g/mol. The Morgan fingerprint density at radius 1 is 1.38 bits per heavy atom. The molecule has 1 fully saturated rings. The molecule has 0 amide bonds. The molecule has 1 aromatic heterocycles. The lowest BCUT2D eigenvalue weighted by Crippen LogP contribution is -2.34. The molecular weight excluding hydrogens is 202 g/mol. The maximum Gasteiger partial charge on any atom is 0.175 e. The molecule has 0 unspecified atom stereocenters. The van der Waals surface area contributed by atoms with Gasteiger partial charge in [-0.1, -0.05) is 18.6 Å². The van der Waals surface area contributed by atoms with Crippen molar-refractivity contribution in [1.82, 2.24) is 5.32 Å². The average Bonchev–Trinajstić information content (AvgIpc) is 2.60. The maximum atomic E-state index is 9.61. The highest BCUT2D eigenvalue weighted by atomic mass is 16.4. The van der Waals surface area contributed by atoms with Gasteiger partial charge in [-0.3, -0.25) is 0 Å².